The van der Waals surface area contributed by atoms with E-state index in [1.54, 1.807) is 12.1 Å². The minimum atomic E-state index is -4.77. The molecule has 12 nitrogen and oxygen atoms in total. The summed E-state index contributed by atoms with van der Waals surface area (Å²) in [7, 11) is 0. The van der Waals surface area contributed by atoms with Gasteiger partial charge in [0.1, 0.15) is 0 Å². The van der Waals surface area contributed by atoms with Crippen LogP contribution in [-0.4, -0.2) is 46.8 Å². The number of Topliss-reactive ketones (excluding diaryl/α,β-unsaturated/α-hetero) is 2. The van der Waals surface area contributed by atoms with E-state index in [1.165, 1.54) is 29.9 Å². The number of aromatic nitrogens is 6. The molecule has 0 spiro atoms. The van der Waals surface area contributed by atoms with Crippen molar-refractivity contribution >= 4 is 49.0 Å². The summed E-state index contributed by atoms with van der Waals surface area (Å²) in [5.74, 6) is -3.87. The number of halogens is 7. The number of alkyl halides is 7. The first kappa shape index (κ1) is 44.1. The van der Waals surface area contributed by atoms with Crippen molar-refractivity contribution in [1.82, 2.24) is 29.9 Å². The largest absolute Gasteiger partial charge is 0.470 e. The molecule has 4 aromatic carbocycles. The van der Waals surface area contributed by atoms with Crippen molar-refractivity contribution in [3.63, 3.8) is 0 Å². The maximum atomic E-state index is 12.6. The number of pyridine rings is 2. The van der Waals surface area contributed by atoms with E-state index in [0.29, 0.717) is 10.9 Å². The summed E-state index contributed by atoms with van der Waals surface area (Å²) >= 11 is 3.17. The fraction of sp³-hybridized carbons (Fsp3) is 0.122. The lowest BCUT2D eigenvalue weighted by Crippen LogP contribution is -2.23. The van der Waals surface area contributed by atoms with Gasteiger partial charge in [-0.05, 0) is 45.8 Å². The van der Waals surface area contributed by atoms with Gasteiger partial charge in [-0.15, -0.1) is 20.4 Å². The number of H-pyrrole nitrogens is 1. The maximum Gasteiger partial charge on any atom is 0.470 e. The number of carbonyl (C=O) groups excluding carboxylic acids is 2. The molecule has 60 heavy (non-hydrogen) atoms. The lowest BCUT2D eigenvalue weighted by atomic mass is 10.0. The average Bonchev–Trinajstić information content (AvgIpc) is 3.94. The summed E-state index contributed by atoms with van der Waals surface area (Å²) < 4.78 is 84.2. The number of ketones is 2. The van der Waals surface area contributed by atoms with Crippen LogP contribution in [0.4, 0.5) is 26.3 Å². The molecule has 0 unspecified atom stereocenters. The van der Waals surface area contributed by atoms with E-state index in [1.807, 2.05) is 72.8 Å². The van der Waals surface area contributed by atoms with Gasteiger partial charge in [-0.25, -0.2) is 0 Å². The molecule has 0 bridgehead atoms. The van der Waals surface area contributed by atoms with Crippen molar-refractivity contribution in [3.05, 3.63) is 165 Å². The zero-order valence-corrected chi connectivity index (χ0v) is 31.4. The van der Waals surface area contributed by atoms with Crippen LogP contribution in [0.2, 0.25) is 0 Å². The number of nitrogens with zero attached hydrogens (tertiary/aromatic N) is 5. The standard InChI is InChI=1S/C20H12F3N3O3.C12H9BrO.C8H4F3N3O2.CH4/c21-20(22,23)19-25-24-18(29-19)15-7-8-26(17(28)10-15)11-16(27)14-6-5-12-3-1-2-4-13(12)9-14;13-8-12(14)11-6-5-9-3-1-2-4-10(9)7-11;9-8(10,11)7-14-13-6(16-7)4-1-2-12-5(15)3-4;/h1-10H,11H2;1-7H,8H2;1-3H,(H,12,15);1H4. The van der Waals surface area contributed by atoms with Gasteiger partial charge >= 0.3 is 24.1 Å². The van der Waals surface area contributed by atoms with Crippen LogP contribution in [0, 0.1) is 0 Å². The molecule has 0 aliphatic heterocycles. The van der Waals surface area contributed by atoms with Crippen LogP contribution in [0.1, 0.15) is 39.9 Å². The predicted octanol–water partition coefficient (Wildman–Crippen LogP) is 9.45. The molecule has 1 N–H and O–H groups in total. The van der Waals surface area contributed by atoms with E-state index >= 15 is 0 Å². The minimum absolute atomic E-state index is 0. The number of carbonyl (C=O) groups is 2. The van der Waals surface area contributed by atoms with Crippen molar-refractivity contribution in [2.45, 2.75) is 26.3 Å². The van der Waals surface area contributed by atoms with Crippen LogP contribution in [0.25, 0.3) is 44.5 Å². The first-order chi connectivity index (χ1) is 28.1. The zero-order valence-electron chi connectivity index (χ0n) is 29.8. The predicted molar refractivity (Wildman–Crippen MR) is 211 cm³/mol. The van der Waals surface area contributed by atoms with Gasteiger partial charge in [0, 0.05) is 46.8 Å². The molecule has 0 aliphatic carbocycles. The summed E-state index contributed by atoms with van der Waals surface area (Å²) in [6.07, 6.45) is -6.89. The first-order valence-corrected chi connectivity index (χ1v) is 18.0. The van der Waals surface area contributed by atoms with Gasteiger partial charge in [0.05, 0.1) is 11.9 Å². The Bertz CT molecular complexity index is 2900. The monoisotopic (exact) mass is 894 g/mol. The second-order valence-electron chi connectivity index (χ2n) is 12.2. The molecule has 4 heterocycles. The van der Waals surface area contributed by atoms with Crippen LogP contribution < -0.4 is 11.1 Å². The number of rotatable bonds is 7. The van der Waals surface area contributed by atoms with Crippen LogP contribution in [-0.2, 0) is 18.9 Å². The molecular weight excluding hydrogens is 866 g/mol. The molecule has 308 valence electrons. The van der Waals surface area contributed by atoms with E-state index in [4.69, 9.17) is 0 Å². The Morgan fingerprint density at radius 1 is 0.617 bits per heavy atom. The molecule has 0 saturated heterocycles. The van der Waals surface area contributed by atoms with Crippen molar-refractivity contribution in [3.8, 4) is 22.9 Å². The summed E-state index contributed by atoms with van der Waals surface area (Å²) in [6, 6.07) is 31.4. The first-order valence-electron chi connectivity index (χ1n) is 16.9. The molecule has 0 atom stereocenters. The second-order valence-corrected chi connectivity index (χ2v) is 12.8. The molecule has 0 radical (unpaired) electrons. The Hall–Kier alpha value is -7.02. The summed E-state index contributed by atoms with van der Waals surface area (Å²) in [4.78, 5) is 49.5. The molecule has 4 aromatic heterocycles. The van der Waals surface area contributed by atoms with Crippen molar-refractivity contribution in [2.24, 2.45) is 0 Å². The normalized spacial score (nSPS) is 11.2. The van der Waals surface area contributed by atoms with Crippen molar-refractivity contribution in [2.75, 3.05) is 5.33 Å². The van der Waals surface area contributed by atoms with Crippen molar-refractivity contribution < 1.29 is 44.8 Å². The lowest BCUT2D eigenvalue weighted by Gasteiger charge is -2.07. The van der Waals surface area contributed by atoms with Crippen LogP contribution in [0.15, 0.2) is 140 Å². The smallest absolute Gasteiger partial charge is 0.413 e. The van der Waals surface area contributed by atoms with E-state index in [0.717, 1.165) is 38.4 Å². The molecule has 8 rings (SSSR count). The number of hydrogen-bond acceptors (Lipinski definition) is 10. The number of aromatic amines is 1. The number of benzene rings is 4. The van der Waals surface area contributed by atoms with Crippen LogP contribution >= 0.6 is 15.9 Å². The summed E-state index contributed by atoms with van der Waals surface area (Å²) in [5, 5.41) is 16.8. The van der Waals surface area contributed by atoms with Crippen LogP contribution in [0.3, 0.4) is 0 Å². The Morgan fingerprint density at radius 2 is 1.10 bits per heavy atom. The van der Waals surface area contributed by atoms with Gasteiger partial charge in [0.25, 0.3) is 5.56 Å². The highest BCUT2D eigenvalue weighted by molar-refractivity contribution is 9.09. The fourth-order valence-electron chi connectivity index (χ4n) is 5.31. The molecule has 0 amide bonds. The molecule has 8 aromatic rings. The van der Waals surface area contributed by atoms with Gasteiger partial charge in [-0.2, -0.15) is 26.3 Å². The minimum Gasteiger partial charge on any atom is -0.413 e. The van der Waals surface area contributed by atoms with Gasteiger partial charge in [-0.3, -0.25) is 19.2 Å². The Balaban J connectivity index is 0.000000186. The maximum absolute atomic E-state index is 12.6. The topological polar surface area (TPSA) is 167 Å². The molecular formula is C41H29BrF6N6O6. The molecule has 0 saturated carbocycles. The van der Waals surface area contributed by atoms with E-state index in [-0.39, 0.29) is 42.6 Å². The number of nitrogens with one attached hydrogen (secondary N) is 1. The third-order valence-corrected chi connectivity index (χ3v) is 8.69. The lowest BCUT2D eigenvalue weighted by molar-refractivity contribution is -0.157. The van der Waals surface area contributed by atoms with Gasteiger partial charge in [0.2, 0.25) is 17.3 Å². The number of hydrogen-bond donors (Lipinski definition) is 1. The summed E-state index contributed by atoms with van der Waals surface area (Å²) in [6.45, 7) is -0.213. The Morgan fingerprint density at radius 3 is 1.55 bits per heavy atom. The fourth-order valence-corrected chi connectivity index (χ4v) is 5.63. The van der Waals surface area contributed by atoms with E-state index in [9.17, 15) is 45.5 Å². The Kier molecular flexibility index (Phi) is 13.7. The SMILES string of the molecule is C.O=C(CBr)c1ccc2ccccc2c1.O=C(Cn1ccc(-c2nnc(C(F)(F)F)o2)cc1=O)c1ccc2ccccc2c1.O=c1cc(-c2nnc(C(F)(F)F)o2)cc[nH]1. The third kappa shape index (κ3) is 10.9. The second kappa shape index (κ2) is 18.7. The highest BCUT2D eigenvalue weighted by Gasteiger charge is 2.39. The van der Waals surface area contributed by atoms with E-state index < -0.39 is 41.1 Å². The summed E-state index contributed by atoms with van der Waals surface area (Å²) in [5.41, 5.74) is 0.332. The Labute approximate surface area is 342 Å². The van der Waals surface area contributed by atoms with Gasteiger partial charge < -0.3 is 18.4 Å². The highest BCUT2D eigenvalue weighted by atomic mass is 79.9. The van der Waals surface area contributed by atoms with Gasteiger partial charge in [-0.1, -0.05) is 96.2 Å². The van der Waals surface area contributed by atoms with Gasteiger partial charge in [0.15, 0.2) is 11.6 Å². The molecule has 19 heteroatoms. The highest BCUT2D eigenvalue weighted by Crippen LogP contribution is 2.31. The van der Waals surface area contributed by atoms with E-state index in [2.05, 4.69) is 50.1 Å². The van der Waals surface area contributed by atoms with Crippen molar-refractivity contribution in [1.29, 1.82) is 0 Å². The molecule has 0 aliphatic rings. The third-order valence-electron chi connectivity index (χ3n) is 8.18. The molecule has 0 fully saturated rings. The van der Waals surface area contributed by atoms with Crippen LogP contribution in [0.5, 0.6) is 0 Å². The zero-order chi connectivity index (χ0) is 42.3. The number of fused-ring (bicyclic) bond motifs is 2. The quantitative estimate of drug-likeness (QED) is 0.0925. The average molecular weight is 896 g/mol.